The van der Waals surface area contributed by atoms with Crippen LogP contribution in [0.5, 0.6) is 0 Å². The van der Waals surface area contributed by atoms with Gasteiger partial charge in [-0.1, -0.05) is 76.0 Å². The Balaban J connectivity index is 1.56. The molecule has 0 bridgehead atoms. The molecule has 5 rings (SSSR count). The number of H-pyrrole nitrogens is 1. The van der Waals surface area contributed by atoms with Crippen molar-refractivity contribution >= 4 is 16.7 Å². The largest absolute Gasteiger partial charge is 0.357 e. The minimum Gasteiger partial charge on any atom is -0.357 e. The maximum atomic E-state index is 4.66. The third kappa shape index (κ3) is 5.40. The Hall–Kier alpha value is -2.40. The van der Waals surface area contributed by atoms with Gasteiger partial charge < -0.3 is 4.98 Å². The molecule has 2 fully saturated rings. The molecule has 0 radical (unpaired) electrons. The monoisotopic (exact) mass is 445 g/mol. The van der Waals surface area contributed by atoms with Crippen molar-refractivity contribution in [1.29, 1.82) is 0 Å². The van der Waals surface area contributed by atoms with Crippen LogP contribution in [-0.2, 0) is 0 Å². The molecule has 5 heteroatoms. The first kappa shape index (κ1) is 22.4. The van der Waals surface area contributed by atoms with Crippen LogP contribution in [0.1, 0.15) is 95.2 Å². The van der Waals surface area contributed by atoms with Gasteiger partial charge >= 0.3 is 0 Å². The summed E-state index contributed by atoms with van der Waals surface area (Å²) < 4.78 is 0. The second kappa shape index (κ2) is 11.1. The minimum absolute atomic E-state index is 0.250. The van der Waals surface area contributed by atoms with Gasteiger partial charge in [0.2, 0.25) is 0 Å². The number of aromatic amines is 1. The van der Waals surface area contributed by atoms with E-state index in [9.17, 15) is 0 Å². The summed E-state index contributed by atoms with van der Waals surface area (Å²) in [5, 5.41) is 15.5. The number of rotatable bonds is 3. The Kier molecular flexibility index (Phi) is 7.57. The van der Waals surface area contributed by atoms with Gasteiger partial charge in [0.25, 0.3) is 0 Å². The van der Waals surface area contributed by atoms with Gasteiger partial charge in [0.15, 0.2) is 5.82 Å². The fourth-order valence-electron chi connectivity index (χ4n) is 5.91. The number of hydrogen-bond acceptors (Lipinski definition) is 4. The van der Waals surface area contributed by atoms with Gasteiger partial charge in [-0.2, -0.15) is 5.10 Å². The van der Waals surface area contributed by atoms with Crippen LogP contribution in [0.3, 0.4) is 0 Å². The van der Waals surface area contributed by atoms with E-state index in [0.717, 1.165) is 18.8 Å². The Labute approximate surface area is 198 Å². The van der Waals surface area contributed by atoms with E-state index in [0.29, 0.717) is 6.04 Å². The molecular formula is C28H39N5. The molecule has 2 aliphatic rings. The predicted molar refractivity (Wildman–Crippen MR) is 136 cm³/mol. The molecule has 1 unspecified atom stereocenters. The zero-order valence-electron chi connectivity index (χ0n) is 20.0. The first-order valence-electron chi connectivity index (χ1n) is 13.3. The third-order valence-corrected chi connectivity index (χ3v) is 7.64. The summed E-state index contributed by atoms with van der Waals surface area (Å²) in [6.45, 7) is 1.11. The van der Waals surface area contributed by atoms with Crippen LogP contribution in [0, 0.1) is 0 Å². The van der Waals surface area contributed by atoms with Crippen molar-refractivity contribution in [2.75, 3.05) is 11.6 Å². The highest BCUT2D eigenvalue weighted by atomic mass is 15.7. The molecule has 3 aromatic rings. The number of nitrogens with zero attached hydrogens (tertiary/aromatic N) is 4. The highest BCUT2D eigenvalue weighted by molar-refractivity contribution is 5.80. The number of nitrogens with one attached hydrogen (secondary N) is 1. The van der Waals surface area contributed by atoms with Gasteiger partial charge in [0.05, 0.1) is 6.04 Å². The number of hydrazine groups is 1. The van der Waals surface area contributed by atoms with Crippen molar-refractivity contribution < 1.29 is 0 Å². The topological polar surface area (TPSA) is 48.1 Å². The van der Waals surface area contributed by atoms with E-state index in [1.54, 1.807) is 6.20 Å². The molecule has 5 nitrogen and oxygen atoms in total. The van der Waals surface area contributed by atoms with Crippen LogP contribution in [0.25, 0.3) is 10.9 Å². The number of hydrogen-bond donors (Lipinski definition) is 1. The van der Waals surface area contributed by atoms with Crippen molar-refractivity contribution in [2.45, 2.75) is 95.6 Å². The zero-order valence-corrected chi connectivity index (χ0v) is 20.0. The second-order valence-electron chi connectivity index (χ2n) is 9.97. The summed E-state index contributed by atoms with van der Waals surface area (Å²) in [5.41, 5.74) is 2.53. The Bertz CT molecular complexity index is 941. The molecule has 33 heavy (non-hydrogen) atoms. The molecule has 2 aromatic heterocycles. The fourth-order valence-corrected chi connectivity index (χ4v) is 5.91. The van der Waals surface area contributed by atoms with E-state index in [1.165, 1.54) is 93.6 Å². The van der Waals surface area contributed by atoms with Gasteiger partial charge in [0.1, 0.15) is 0 Å². The SMILES string of the molecule is c1cnnc(N2C(c3cc4ccccc4[nH]3)CCCCCCN2C2CCCCCCCC2)c1. The number of aromatic nitrogens is 3. The van der Waals surface area contributed by atoms with Gasteiger partial charge in [0, 0.05) is 30.0 Å². The van der Waals surface area contributed by atoms with Crippen molar-refractivity contribution in [3.63, 3.8) is 0 Å². The molecule has 3 heterocycles. The maximum Gasteiger partial charge on any atom is 0.166 e. The maximum absolute atomic E-state index is 4.66. The van der Waals surface area contributed by atoms with Crippen molar-refractivity contribution in [3.05, 3.63) is 54.4 Å². The number of para-hydroxylation sites is 1. The van der Waals surface area contributed by atoms with Crippen LogP contribution >= 0.6 is 0 Å². The first-order valence-corrected chi connectivity index (χ1v) is 13.3. The minimum atomic E-state index is 0.250. The molecule has 1 N–H and O–H groups in total. The molecular weight excluding hydrogens is 406 g/mol. The van der Waals surface area contributed by atoms with Gasteiger partial charge in [-0.15, -0.1) is 5.10 Å². The molecule has 0 spiro atoms. The molecule has 1 aromatic carbocycles. The molecule has 1 saturated heterocycles. The number of fused-ring (bicyclic) bond motifs is 1. The second-order valence-corrected chi connectivity index (χ2v) is 9.97. The zero-order chi connectivity index (χ0) is 22.3. The van der Waals surface area contributed by atoms with Crippen LogP contribution in [0.2, 0.25) is 0 Å². The average molecular weight is 446 g/mol. The summed E-state index contributed by atoms with van der Waals surface area (Å²) in [6, 6.07) is 16.0. The highest BCUT2D eigenvalue weighted by Crippen LogP contribution is 2.37. The quantitative estimate of drug-likeness (QED) is 0.463. The Morgan fingerprint density at radius 2 is 1.48 bits per heavy atom. The summed E-state index contributed by atoms with van der Waals surface area (Å²) in [7, 11) is 0. The summed E-state index contributed by atoms with van der Waals surface area (Å²) >= 11 is 0. The average Bonchev–Trinajstić information content (AvgIpc) is 3.36. The van der Waals surface area contributed by atoms with Crippen LogP contribution in [0.15, 0.2) is 48.7 Å². The summed E-state index contributed by atoms with van der Waals surface area (Å²) in [5.74, 6) is 0.989. The molecule has 0 amide bonds. The van der Waals surface area contributed by atoms with Crippen LogP contribution in [-0.4, -0.2) is 32.8 Å². The van der Waals surface area contributed by atoms with E-state index in [4.69, 9.17) is 0 Å². The Morgan fingerprint density at radius 1 is 0.758 bits per heavy atom. The standard InChI is InChI=1S/C28H39N5/c1-2-4-8-16-24(15-7-3-1)32-21-12-6-5-9-18-27(33(32)28-19-13-20-29-31-28)26-22-23-14-10-11-17-25(23)30-26/h10-11,13-14,17,19-20,22,24,27,30H,1-9,12,15-16,18,21H2. The number of benzene rings is 1. The first-order chi connectivity index (χ1) is 16.4. The molecule has 1 saturated carbocycles. The predicted octanol–water partition coefficient (Wildman–Crippen LogP) is 7.19. The van der Waals surface area contributed by atoms with Gasteiger partial charge in [-0.3, -0.25) is 5.01 Å². The number of anilines is 1. The summed E-state index contributed by atoms with van der Waals surface area (Å²) in [6.07, 6.45) is 18.9. The lowest BCUT2D eigenvalue weighted by Gasteiger charge is -2.45. The fraction of sp³-hybridized carbons (Fsp3) is 0.571. The smallest absolute Gasteiger partial charge is 0.166 e. The van der Waals surface area contributed by atoms with E-state index in [1.807, 2.05) is 6.07 Å². The van der Waals surface area contributed by atoms with Crippen LogP contribution < -0.4 is 5.01 Å². The van der Waals surface area contributed by atoms with Gasteiger partial charge in [-0.05, 0) is 55.3 Å². The van der Waals surface area contributed by atoms with E-state index >= 15 is 0 Å². The van der Waals surface area contributed by atoms with Gasteiger partial charge in [-0.25, -0.2) is 5.01 Å². The molecule has 1 aliphatic heterocycles. The third-order valence-electron chi connectivity index (χ3n) is 7.64. The Morgan fingerprint density at radius 3 is 2.24 bits per heavy atom. The summed E-state index contributed by atoms with van der Waals surface area (Å²) in [4.78, 5) is 3.77. The normalized spacial score (nSPS) is 22.7. The lowest BCUT2D eigenvalue weighted by molar-refractivity contribution is 0.134. The van der Waals surface area contributed by atoms with Crippen molar-refractivity contribution in [2.24, 2.45) is 0 Å². The lowest BCUT2D eigenvalue weighted by atomic mass is 10.0. The van der Waals surface area contributed by atoms with E-state index < -0.39 is 0 Å². The molecule has 176 valence electrons. The van der Waals surface area contributed by atoms with Crippen molar-refractivity contribution in [3.8, 4) is 0 Å². The van der Waals surface area contributed by atoms with E-state index in [-0.39, 0.29) is 6.04 Å². The molecule has 1 atom stereocenters. The van der Waals surface area contributed by atoms with Crippen LogP contribution in [0.4, 0.5) is 5.82 Å². The molecule has 1 aliphatic carbocycles. The van der Waals surface area contributed by atoms with Crippen molar-refractivity contribution in [1.82, 2.24) is 20.2 Å². The highest BCUT2D eigenvalue weighted by Gasteiger charge is 2.33. The lowest BCUT2D eigenvalue weighted by Crippen LogP contribution is -2.51. The van der Waals surface area contributed by atoms with E-state index in [2.05, 4.69) is 61.6 Å².